The predicted molar refractivity (Wildman–Crippen MR) is 52.9 cm³/mol. The molecular formula is C10H10F3NO2. The molecule has 0 aromatic heterocycles. The van der Waals surface area contributed by atoms with Crippen LogP contribution in [0, 0.1) is 0 Å². The van der Waals surface area contributed by atoms with Gasteiger partial charge in [0.05, 0.1) is 5.56 Å². The van der Waals surface area contributed by atoms with Gasteiger partial charge in [-0.15, -0.1) is 0 Å². The van der Waals surface area contributed by atoms with Gasteiger partial charge in [0.25, 0.3) is 0 Å². The molecule has 6 heteroatoms. The van der Waals surface area contributed by atoms with Crippen LogP contribution in [-0.2, 0) is 6.18 Å². The first-order valence-corrected chi connectivity index (χ1v) is 4.36. The Morgan fingerprint density at radius 1 is 1.25 bits per heavy atom. The highest BCUT2D eigenvalue weighted by Crippen LogP contribution is 2.40. The summed E-state index contributed by atoms with van der Waals surface area (Å²) in [5.74, 6) is -1.41. The van der Waals surface area contributed by atoms with E-state index in [1.54, 1.807) is 0 Å². The third-order valence-corrected chi connectivity index (χ3v) is 1.92. The molecule has 1 aromatic carbocycles. The average Bonchev–Trinajstić information content (AvgIpc) is 2.18. The number of hydrogen-bond acceptors (Lipinski definition) is 3. The van der Waals surface area contributed by atoms with E-state index in [0.29, 0.717) is 6.07 Å². The Bertz CT molecular complexity index is 413. The fraction of sp³-hybridized carbons (Fsp3) is 0.200. The van der Waals surface area contributed by atoms with Crippen LogP contribution in [0.5, 0.6) is 11.5 Å². The zero-order valence-corrected chi connectivity index (χ0v) is 8.12. The summed E-state index contributed by atoms with van der Waals surface area (Å²) in [6.07, 6.45) is -2.32. The molecule has 1 rings (SSSR count). The number of rotatable bonds is 2. The first-order chi connectivity index (χ1) is 7.38. The highest BCUT2D eigenvalue weighted by Gasteiger charge is 2.34. The van der Waals surface area contributed by atoms with Gasteiger partial charge in [0.15, 0.2) is 11.5 Å². The lowest BCUT2D eigenvalue weighted by molar-refractivity contribution is -0.137. The third-order valence-electron chi connectivity index (χ3n) is 1.92. The van der Waals surface area contributed by atoms with Gasteiger partial charge < -0.3 is 15.9 Å². The van der Waals surface area contributed by atoms with E-state index < -0.39 is 28.8 Å². The average molecular weight is 233 g/mol. The minimum Gasteiger partial charge on any atom is -0.504 e. The van der Waals surface area contributed by atoms with Crippen molar-refractivity contribution in [3.63, 3.8) is 0 Å². The van der Waals surface area contributed by atoms with Gasteiger partial charge >= 0.3 is 6.18 Å². The van der Waals surface area contributed by atoms with Gasteiger partial charge in [0.2, 0.25) is 0 Å². The molecule has 0 saturated carbocycles. The van der Waals surface area contributed by atoms with Gasteiger partial charge in [-0.25, -0.2) is 0 Å². The SMILES string of the molecule is NC/C=C/c1c(C(F)(F)F)ccc(O)c1O. The molecule has 0 radical (unpaired) electrons. The van der Waals surface area contributed by atoms with Crippen molar-refractivity contribution < 1.29 is 23.4 Å². The third kappa shape index (κ3) is 2.46. The number of hydrogen-bond donors (Lipinski definition) is 3. The number of phenols is 2. The van der Waals surface area contributed by atoms with Gasteiger partial charge in [0, 0.05) is 12.1 Å². The largest absolute Gasteiger partial charge is 0.504 e. The molecular weight excluding hydrogens is 223 g/mol. The molecule has 0 unspecified atom stereocenters. The summed E-state index contributed by atoms with van der Waals surface area (Å²) in [5.41, 5.74) is 3.60. The molecule has 3 nitrogen and oxygen atoms in total. The van der Waals surface area contributed by atoms with Gasteiger partial charge in [0.1, 0.15) is 0 Å². The molecule has 0 heterocycles. The molecule has 0 aliphatic heterocycles. The molecule has 0 spiro atoms. The Labute approximate surface area is 89.6 Å². The molecule has 88 valence electrons. The second kappa shape index (κ2) is 4.44. The van der Waals surface area contributed by atoms with E-state index in [0.717, 1.165) is 12.1 Å². The normalized spacial score (nSPS) is 12.2. The maximum Gasteiger partial charge on any atom is 0.417 e. The standard InChI is InChI=1S/C10H10F3NO2/c11-10(12,13)7-3-4-8(15)9(16)6(7)2-1-5-14/h1-4,15-16H,5,14H2/b2-1+. The van der Waals surface area contributed by atoms with Gasteiger partial charge in [-0.3, -0.25) is 0 Å². The number of alkyl halides is 3. The van der Waals surface area contributed by atoms with Crippen molar-refractivity contribution in [2.75, 3.05) is 6.54 Å². The molecule has 0 aliphatic carbocycles. The van der Waals surface area contributed by atoms with E-state index >= 15 is 0 Å². The summed E-state index contributed by atoms with van der Waals surface area (Å²) in [6, 6.07) is 1.49. The number of aromatic hydroxyl groups is 2. The van der Waals surface area contributed by atoms with Crippen LogP contribution in [0.15, 0.2) is 18.2 Å². The smallest absolute Gasteiger partial charge is 0.417 e. The molecule has 4 N–H and O–H groups in total. The van der Waals surface area contributed by atoms with Crippen LogP contribution in [0.2, 0.25) is 0 Å². The minimum atomic E-state index is -4.60. The van der Waals surface area contributed by atoms with Crippen LogP contribution >= 0.6 is 0 Å². The lowest BCUT2D eigenvalue weighted by Gasteiger charge is -2.12. The Balaban J connectivity index is 3.39. The summed E-state index contributed by atoms with van der Waals surface area (Å²) in [5, 5.41) is 18.4. The van der Waals surface area contributed by atoms with Gasteiger partial charge in [-0.05, 0) is 12.1 Å². The van der Waals surface area contributed by atoms with Gasteiger partial charge in [-0.2, -0.15) is 13.2 Å². The van der Waals surface area contributed by atoms with Crippen molar-refractivity contribution in [2.24, 2.45) is 5.73 Å². The van der Waals surface area contributed by atoms with E-state index in [1.165, 1.54) is 6.08 Å². The van der Waals surface area contributed by atoms with E-state index in [-0.39, 0.29) is 6.54 Å². The Morgan fingerprint density at radius 2 is 1.88 bits per heavy atom. The molecule has 0 fully saturated rings. The second-order valence-electron chi connectivity index (χ2n) is 3.03. The first-order valence-electron chi connectivity index (χ1n) is 4.36. The topological polar surface area (TPSA) is 66.5 Å². The molecule has 1 aromatic rings. The van der Waals surface area contributed by atoms with E-state index in [2.05, 4.69) is 0 Å². The lowest BCUT2D eigenvalue weighted by atomic mass is 10.0. The van der Waals surface area contributed by atoms with Crippen molar-refractivity contribution in [1.82, 2.24) is 0 Å². The zero-order chi connectivity index (χ0) is 12.3. The maximum atomic E-state index is 12.5. The lowest BCUT2D eigenvalue weighted by Crippen LogP contribution is -2.07. The van der Waals surface area contributed by atoms with Crippen LogP contribution in [0.4, 0.5) is 13.2 Å². The highest BCUT2D eigenvalue weighted by atomic mass is 19.4. The maximum absolute atomic E-state index is 12.5. The Hall–Kier alpha value is -1.69. The molecule has 0 saturated heterocycles. The van der Waals surface area contributed by atoms with Gasteiger partial charge in [-0.1, -0.05) is 12.2 Å². The minimum absolute atomic E-state index is 0.0341. The van der Waals surface area contributed by atoms with Crippen LogP contribution < -0.4 is 5.73 Å². The monoisotopic (exact) mass is 233 g/mol. The summed E-state index contributed by atoms with van der Waals surface area (Å²) in [4.78, 5) is 0. The second-order valence-corrected chi connectivity index (χ2v) is 3.03. The van der Waals surface area contributed by atoms with E-state index in [4.69, 9.17) is 10.8 Å². The van der Waals surface area contributed by atoms with Crippen LogP contribution in [0.25, 0.3) is 6.08 Å². The molecule has 0 bridgehead atoms. The van der Waals surface area contributed by atoms with E-state index in [1.807, 2.05) is 0 Å². The van der Waals surface area contributed by atoms with Crippen molar-refractivity contribution in [1.29, 1.82) is 0 Å². The summed E-state index contributed by atoms with van der Waals surface area (Å²) >= 11 is 0. The van der Waals surface area contributed by atoms with Crippen molar-refractivity contribution in [3.05, 3.63) is 29.3 Å². The Kier molecular flexibility index (Phi) is 3.44. The van der Waals surface area contributed by atoms with E-state index in [9.17, 15) is 18.3 Å². The number of phenolic OH excluding ortho intramolecular Hbond substituents is 2. The summed E-state index contributed by atoms with van der Waals surface area (Å²) in [7, 11) is 0. The first kappa shape index (κ1) is 12.4. The molecule has 16 heavy (non-hydrogen) atoms. The number of nitrogens with two attached hydrogens (primary N) is 1. The van der Waals surface area contributed by atoms with Crippen molar-refractivity contribution >= 4 is 6.08 Å². The highest BCUT2D eigenvalue weighted by molar-refractivity contribution is 5.65. The van der Waals surface area contributed by atoms with Crippen molar-refractivity contribution in [2.45, 2.75) is 6.18 Å². The molecule has 0 amide bonds. The van der Waals surface area contributed by atoms with Crippen LogP contribution in [0.3, 0.4) is 0 Å². The molecule has 0 atom stereocenters. The quantitative estimate of drug-likeness (QED) is 0.685. The predicted octanol–water partition coefficient (Wildman–Crippen LogP) is 2.09. The number of benzene rings is 1. The van der Waals surface area contributed by atoms with Crippen LogP contribution in [0.1, 0.15) is 11.1 Å². The molecule has 0 aliphatic rings. The summed E-state index contributed by atoms with van der Waals surface area (Å²) < 4.78 is 37.6. The fourth-order valence-corrected chi connectivity index (χ4v) is 1.20. The Morgan fingerprint density at radius 3 is 2.38 bits per heavy atom. The van der Waals surface area contributed by atoms with Crippen LogP contribution in [-0.4, -0.2) is 16.8 Å². The summed E-state index contributed by atoms with van der Waals surface area (Å²) in [6.45, 7) is 0.0341. The fourth-order valence-electron chi connectivity index (χ4n) is 1.20. The zero-order valence-electron chi connectivity index (χ0n) is 8.12. The van der Waals surface area contributed by atoms with Crippen molar-refractivity contribution in [3.8, 4) is 11.5 Å². The number of halogens is 3.